The monoisotopic (exact) mass is 282 g/mol. The molecule has 0 bridgehead atoms. The fraction of sp³-hybridized carbons (Fsp3) is 0.692. The number of likely N-dealkylation sites (N-methyl/N-ethyl adjacent to an activating group) is 2. The van der Waals surface area contributed by atoms with Crippen LogP contribution in [-0.2, 0) is 7.05 Å². The smallest absolute Gasteiger partial charge is 0.175 e. The van der Waals surface area contributed by atoms with Crippen molar-refractivity contribution in [3.63, 3.8) is 0 Å². The third-order valence-electron chi connectivity index (χ3n) is 3.33. The molecule has 114 valence electrons. The van der Waals surface area contributed by atoms with E-state index in [1.165, 1.54) is 0 Å². The highest BCUT2D eigenvalue weighted by Crippen LogP contribution is 2.25. The topological polar surface area (TPSA) is 82.9 Å². The number of anilines is 1. The lowest BCUT2D eigenvalue weighted by atomic mass is 10.1. The number of nitrogens with two attached hydrogens (primary N) is 1. The van der Waals surface area contributed by atoms with E-state index in [1.807, 2.05) is 28.1 Å². The van der Waals surface area contributed by atoms with Crippen LogP contribution in [0, 0.1) is 6.92 Å². The van der Waals surface area contributed by atoms with Gasteiger partial charge in [-0.1, -0.05) is 5.16 Å². The highest BCUT2D eigenvalue weighted by Gasteiger charge is 2.24. The molecule has 0 aliphatic heterocycles. The van der Waals surface area contributed by atoms with Gasteiger partial charge in [-0.3, -0.25) is 4.68 Å². The Morgan fingerprint density at radius 3 is 2.55 bits per heavy atom. The van der Waals surface area contributed by atoms with Gasteiger partial charge in [-0.15, -0.1) is 0 Å². The van der Waals surface area contributed by atoms with Crippen LogP contribution in [0.5, 0.6) is 0 Å². The summed E-state index contributed by atoms with van der Waals surface area (Å²) < 4.78 is 1.79. The molecule has 0 aliphatic carbocycles. The summed E-state index contributed by atoms with van der Waals surface area (Å²) in [5, 5.41) is 16.5. The molecule has 0 amide bonds. The molecule has 3 N–H and O–H groups in total. The van der Waals surface area contributed by atoms with Gasteiger partial charge in [0.25, 0.3) is 0 Å². The van der Waals surface area contributed by atoms with Crippen molar-refractivity contribution in [3.8, 4) is 0 Å². The minimum absolute atomic E-state index is 0.0982. The van der Waals surface area contributed by atoms with Gasteiger partial charge in [0.1, 0.15) is 5.82 Å². The molecule has 7 nitrogen and oxygen atoms in total. The fourth-order valence-electron chi connectivity index (χ4n) is 2.62. The number of hydrogen-bond acceptors (Lipinski definition) is 5. The Labute approximate surface area is 120 Å². The SMILES string of the molecule is CCN(c1c(C(N)=NO)c(C)nn1C)C(C)CN(C)C. The summed E-state index contributed by atoms with van der Waals surface area (Å²) in [5.74, 6) is 0.982. The highest BCUT2D eigenvalue weighted by atomic mass is 16.4. The van der Waals surface area contributed by atoms with Crippen LogP contribution < -0.4 is 10.6 Å². The van der Waals surface area contributed by atoms with Crippen LogP contribution in [0.4, 0.5) is 5.82 Å². The largest absolute Gasteiger partial charge is 0.409 e. The minimum atomic E-state index is 0.0982. The summed E-state index contributed by atoms with van der Waals surface area (Å²) in [7, 11) is 5.97. The molecular weight excluding hydrogens is 256 g/mol. The molecule has 0 radical (unpaired) electrons. The summed E-state index contributed by atoms with van der Waals surface area (Å²) in [5.41, 5.74) is 7.27. The first-order valence-corrected chi connectivity index (χ1v) is 6.76. The van der Waals surface area contributed by atoms with Crippen LogP contribution in [0.1, 0.15) is 25.1 Å². The molecule has 0 aliphatic rings. The second kappa shape index (κ2) is 6.60. The van der Waals surface area contributed by atoms with Crippen LogP contribution in [0.15, 0.2) is 5.16 Å². The Morgan fingerprint density at radius 2 is 2.10 bits per heavy atom. The molecule has 1 rings (SSSR count). The normalized spacial score (nSPS) is 13.8. The van der Waals surface area contributed by atoms with Crippen molar-refractivity contribution in [3.05, 3.63) is 11.3 Å². The van der Waals surface area contributed by atoms with Crippen LogP contribution >= 0.6 is 0 Å². The van der Waals surface area contributed by atoms with Crippen molar-refractivity contribution < 1.29 is 5.21 Å². The third-order valence-corrected chi connectivity index (χ3v) is 3.33. The fourth-order valence-corrected chi connectivity index (χ4v) is 2.62. The minimum Gasteiger partial charge on any atom is -0.409 e. The number of oxime groups is 1. The highest BCUT2D eigenvalue weighted by molar-refractivity contribution is 6.02. The molecule has 7 heteroatoms. The maximum Gasteiger partial charge on any atom is 0.175 e. The first kappa shape index (κ1) is 16.3. The van der Waals surface area contributed by atoms with E-state index in [-0.39, 0.29) is 11.9 Å². The standard InChI is InChI=1S/C13H26N6O/c1-7-19(9(2)8-17(4)5)13-11(12(14)16-20)10(3)15-18(13)6/h9,20H,7-8H2,1-6H3,(H2,14,16). The number of hydrogen-bond donors (Lipinski definition) is 2. The van der Waals surface area contributed by atoms with Crippen LogP contribution in [0.2, 0.25) is 0 Å². The molecule has 0 fully saturated rings. The molecule has 0 spiro atoms. The van der Waals surface area contributed by atoms with Gasteiger partial charge in [0.05, 0.1) is 11.3 Å². The molecule has 1 atom stereocenters. The number of aromatic nitrogens is 2. The van der Waals surface area contributed by atoms with E-state index in [0.29, 0.717) is 5.56 Å². The van der Waals surface area contributed by atoms with Gasteiger partial charge >= 0.3 is 0 Å². The summed E-state index contributed by atoms with van der Waals surface area (Å²) in [6.45, 7) is 7.83. The summed E-state index contributed by atoms with van der Waals surface area (Å²) in [4.78, 5) is 4.35. The van der Waals surface area contributed by atoms with Crippen molar-refractivity contribution in [1.29, 1.82) is 0 Å². The summed E-state index contributed by atoms with van der Waals surface area (Å²) in [6, 6.07) is 0.287. The zero-order chi connectivity index (χ0) is 15.4. The first-order chi connectivity index (χ1) is 9.33. The first-order valence-electron chi connectivity index (χ1n) is 6.76. The third kappa shape index (κ3) is 3.22. The van der Waals surface area contributed by atoms with Gasteiger partial charge in [-0.05, 0) is 34.9 Å². The predicted octanol–water partition coefficient (Wildman–Crippen LogP) is 0.599. The molecule has 1 aromatic rings. The predicted molar refractivity (Wildman–Crippen MR) is 81.5 cm³/mol. The van der Waals surface area contributed by atoms with Crippen molar-refractivity contribution in [2.24, 2.45) is 17.9 Å². The Hall–Kier alpha value is -1.76. The quantitative estimate of drug-likeness (QED) is 0.345. The number of amidine groups is 1. The van der Waals surface area contributed by atoms with Gasteiger partial charge in [-0.2, -0.15) is 5.10 Å². The number of aryl methyl sites for hydroxylation is 2. The van der Waals surface area contributed by atoms with Crippen molar-refractivity contribution >= 4 is 11.7 Å². The number of rotatable bonds is 6. The second-order valence-corrected chi connectivity index (χ2v) is 5.29. The molecule has 1 heterocycles. The van der Waals surface area contributed by atoms with Gasteiger partial charge in [0.15, 0.2) is 5.84 Å². The second-order valence-electron chi connectivity index (χ2n) is 5.29. The Morgan fingerprint density at radius 1 is 1.50 bits per heavy atom. The maximum absolute atomic E-state index is 8.98. The molecule has 0 aromatic carbocycles. The maximum atomic E-state index is 8.98. The van der Waals surface area contributed by atoms with E-state index in [9.17, 15) is 0 Å². The summed E-state index contributed by atoms with van der Waals surface area (Å²) >= 11 is 0. The lowest BCUT2D eigenvalue weighted by Gasteiger charge is -2.32. The van der Waals surface area contributed by atoms with E-state index in [0.717, 1.165) is 24.6 Å². The summed E-state index contributed by atoms with van der Waals surface area (Å²) in [6.07, 6.45) is 0. The van der Waals surface area contributed by atoms with Gasteiger partial charge in [-0.25, -0.2) is 0 Å². The van der Waals surface area contributed by atoms with Crippen LogP contribution in [-0.4, -0.2) is 58.9 Å². The molecule has 0 saturated carbocycles. The van der Waals surface area contributed by atoms with Crippen molar-refractivity contribution in [1.82, 2.24) is 14.7 Å². The lowest BCUT2D eigenvalue weighted by molar-refractivity contribution is 0.318. The van der Waals surface area contributed by atoms with Crippen molar-refractivity contribution in [2.75, 3.05) is 32.1 Å². The van der Waals surface area contributed by atoms with Gasteiger partial charge in [0, 0.05) is 26.2 Å². The molecule has 1 unspecified atom stereocenters. The van der Waals surface area contributed by atoms with E-state index in [2.05, 4.69) is 33.9 Å². The molecule has 20 heavy (non-hydrogen) atoms. The molecular formula is C13H26N6O. The van der Waals surface area contributed by atoms with E-state index in [1.54, 1.807) is 4.68 Å². The lowest BCUT2D eigenvalue weighted by Crippen LogP contribution is -2.42. The van der Waals surface area contributed by atoms with Crippen LogP contribution in [0.25, 0.3) is 0 Å². The molecule has 0 saturated heterocycles. The Bertz CT molecular complexity index is 479. The average molecular weight is 282 g/mol. The zero-order valence-corrected chi connectivity index (χ0v) is 13.3. The van der Waals surface area contributed by atoms with Crippen molar-refractivity contribution in [2.45, 2.75) is 26.8 Å². The van der Waals surface area contributed by atoms with E-state index >= 15 is 0 Å². The number of nitrogens with zero attached hydrogens (tertiary/aromatic N) is 5. The Balaban J connectivity index is 3.28. The van der Waals surface area contributed by atoms with Gasteiger partial charge < -0.3 is 20.7 Å². The van der Waals surface area contributed by atoms with E-state index < -0.39 is 0 Å². The van der Waals surface area contributed by atoms with Crippen LogP contribution in [0.3, 0.4) is 0 Å². The Kier molecular flexibility index (Phi) is 5.38. The molecule has 1 aromatic heterocycles. The average Bonchev–Trinajstić information content (AvgIpc) is 2.64. The van der Waals surface area contributed by atoms with Gasteiger partial charge in [0.2, 0.25) is 0 Å². The van der Waals surface area contributed by atoms with E-state index in [4.69, 9.17) is 10.9 Å². The zero-order valence-electron chi connectivity index (χ0n) is 13.3.